The molecule has 0 aliphatic rings. The van der Waals surface area contributed by atoms with Crippen LogP contribution < -0.4 is 5.32 Å². The average Bonchev–Trinajstić information content (AvgIpc) is 2.74. The van der Waals surface area contributed by atoms with E-state index in [9.17, 15) is 14.7 Å². The van der Waals surface area contributed by atoms with E-state index in [-0.39, 0.29) is 23.4 Å². The summed E-state index contributed by atoms with van der Waals surface area (Å²) in [5.41, 5.74) is 3.06. The molecule has 3 aromatic carbocycles. The van der Waals surface area contributed by atoms with Crippen LogP contribution in [0, 0.1) is 0 Å². The molecule has 0 unspecified atom stereocenters. The Morgan fingerprint density at radius 3 is 2.29 bits per heavy atom. The largest absolute Gasteiger partial charge is 0.508 e. The molecule has 4 heteroatoms. The summed E-state index contributed by atoms with van der Waals surface area (Å²) in [7, 11) is 0. The summed E-state index contributed by atoms with van der Waals surface area (Å²) in [4.78, 5) is 25.1. The van der Waals surface area contributed by atoms with Crippen molar-refractivity contribution < 1.29 is 14.7 Å². The molecule has 1 atom stereocenters. The lowest BCUT2D eigenvalue weighted by Gasteiger charge is -2.14. The van der Waals surface area contributed by atoms with Crippen molar-refractivity contribution in [2.24, 2.45) is 0 Å². The van der Waals surface area contributed by atoms with Crippen LogP contribution in [0.2, 0.25) is 0 Å². The molecule has 142 valence electrons. The van der Waals surface area contributed by atoms with Gasteiger partial charge in [0.15, 0.2) is 5.78 Å². The number of nitrogens with one attached hydrogen (secondary N) is 1. The first-order valence-corrected chi connectivity index (χ1v) is 9.30. The molecule has 0 fully saturated rings. The number of hydrogen-bond acceptors (Lipinski definition) is 3. The summed E-state index contributed by atoms with van der Waals surface area (Å²) >= 11 is 0. The number of ketones is 1. The van der Waals surface area contributed by atoms with Crippen molar-refractivity contribution in [3.05, 3.63) is 101 Å². The second-order valence-electron chi connectivity index (χ2n) is 6.75. The minimum atomic E-state index is -0.358. The maximum absolute atomic E-state index is 12.6. The smallest absolute Gasteiger partial charge is 0.227 e. The van der Waals surface area contributed by atoms with Crippen molar-refractivity contribution in [2.45, 2.75) is 19.3 Å². The zero-order valence-electron chi connectivity index (χ0n) is 15.8. The van der Waals surface area contributed by atoms with Gasteiger partial charge in [-0.05, 0) is 42.7 Å². The van der Waals surface area contributed by atoms with E-state index in [1.165, 1.54) is 0 Å². The van der Waals surface area contributed by atoms with Crippen molar-refractivity contribution >= 4 is 11.7 Å². The second kappa shape index (κ2) is 9.00. The van der Waals surface area contributed by atoms with Gasteiger partial charge >= 0.3 is 0 Å². The number of carbonyl (C=O) groups is 2. The summed E-state index contributed by atoms with van der Waals surface area (Å²) in [6, 6.07) is 23.3. The fraction of sp³-hybridized carbons (Fsp3) is 0.167. The Labute approximate surface area is 164 Å². The third-order valence-corrected chi connectivity index (χ3v) is 4.73. The van der Waals surface area contributed by atoms with Crippen LogP contribution in [0.15, 0.2) is 78.9 Å². The van der Waals surface area contributed by atoms with E-state index in [0.717, 1.165) is 11.1 Å². The molecule has 3 rings (SSSR count). The van der Waals surface area contributed by atoms with Crippen molar-refractivity contribution in [1.29, 1.82) is 0 Å². The Morgan fingerprint density at radius 1 is 0.893 bits per heavy atom. The van der Waals surface area contributed by atoms with E-state index >= 15 is 0 Å². The van der Waals surface area contributed by atoms with Crippen molar-refractivity contribution in [3.63, 3.8) is 0 Å². The van der Waals surface area contributed by atoms with Gasteiger partial charge in [0.1, 0.15) is 5.75 Å². The molecule has 0 bridgehead atoms. The molecule has 0 radical (unpaired) electrons. The van der Waals surface area contributed by atoms with Crippen molar-refractivity contribution in [2.75, 3.05) is 6.54 Å². The molecule has 4 nitrogen and oxygen atoms in total. The minimum absolute atomic E-state index is 0.0533. The normalized spacial score (nSPS) is 11.6. The van der Waals surface area contributed by atoms with Gasteiger partial charge in [0, 0.05) is 17.7 Å². The number of amides is 1. The first kappa shape index (κ1) is 19.4. The number of benzene rings is 3. The van der Waals surface area contributed by atoms with Crippen LogP contribution >= 0.6 is 0 Å². The average molecular weight is 373 g/mol. The molecule has 1 amide bonds. The lowest BCUT2D eigenvalue weighted by atomic mass is 9.95. The fourth-order valence-corrected chi connectivity index (χ4v) is 3.00. The minimum Gasteiger partial charge on any atom is -0.508 e. The van der Waals surface area contributed by atoms with Crippen LogP contribution in [0.3, 0.4) is 0 Å². The molecule has 0 aromatic heterocycles. The van der Waals surface area contributed by atoms with Gasteiger partial charge in [0.25, 0.3) is 0 Å². The van der Waals surface area contributed by atoms with E-state index in [0.29, 0.717) is 24.1 Å². The maximum atomic E-state index is 12.6. The second-order valence-corrected chi connectivity index (χ2v) is 6.75. The molecule has 0 spiro atoms. The summed E-state index contributed by atoms with van der Waals surface area (Å²) in [5.74, 6) is -0.264. The Hall–Kier alpha value is -3.40. The Balaban J connectivity index is 1.61. The summed E-state index contributed by atoms with van der Waals surface area (Å²) in [6.07, 6.45) is 0.686. The number of phenolic OH excluding ortho intramolecular Hbond substituents is 1. The molecule has 0 saturated carbocycles. The third kappa shape index (κ3) is 4.86. The molecular formula is C24H23NO3. The number of carbonyl (C=O) groups excluding carboxylic acids is 2. The van der Waals surface area contributed by atoms with Crippen LogP contribution in [-0.4, -0.2) is 23.3 Å². The third-order valence-electron chi connectivity index (χ3n) is 4.73. The molecule has 0 heterocycles. The van der Waals surface area contributed by atoms with Gasteiger partial charge < -0.3 is 10.4 Å². The molecule has 3 aromatic rings. The standard InChI is InChI=1S/C24H23NO3/c1-17(24(28)25-15-14-18-10-12-22(26)13-11-18)20-8-5-9-21(16-20)23(27)19-6-3-2-4-7-19/h2-13,16-17,26H,14-15H2,1H3,(H,25,28)/t17-/m0/s1. The predicted octanol–water partition coefficient (Wildman–Crippen LogP) is 4.09. The van der Waals surface area contributed by atoms with Gasteiger partial charge in [0.2, 0.25) is 5.91 Å². The number of hydrogen-bond donors (Lipinski definition) is 2. The molecular weight excluding hydrogens is 350 g/mol. The predicted molar refractivity (Wildman–Crippen MR) is 110 cm³/mol. The Kier molecular flexibility index (Phi) is 6.22. The quantitative estimate of drug-likeness (QED) is 0.613. The Bertz CT molecular complexity index is 949. The van der Waals surface area contributed by atoms with Gasteiger partial charge in [-0.15, -0.1) is 0 Å². The highest BCUT2D eigenvalue weighted by Gasteiger charge is 2.17. The molecule has 28 heavy (non-hydrogen) atoms. The highest BCUT2D eigenvalue weighted by atomic mass is 16.3. The zero-order valence-corrected chi connectivity index (χ0v) is 15.8. The first-order chi connectivity index (χ1) is 13.5. The topological polar surface area (TPSA) is 66.4 Å². The Morgan fingerprint density at radius 2 is 1.57 bits per heavy atom. The van der Waals surface area contributed by atoms with Gasteiger partial charge in [-0.25, -0.2) is 0 Å². The molecule has 0 aliphatic carbocycles. The van der Waals surface area contributed by atoms with Crippen LogP contribution in [0.1, 0.15) is 39.9 Å². The summed E-state index contributed by atoms with van der Waals surface area (Å²) in [5, 5.41) is 12.2. The van der Waals surface area contributed by atoms with Gasteiger partial charge in [-0.1, -0.05) is 60.7 Å². The van der Waals surface area contributed by atoms with E-state index in [1.807, 2.05) is 49.4 Å². The maximum Gasteiger partial charge on any atom is 0.227 e. The first-order valence-electron chi connectivity index (χ1n) is 9.30. The summed E-state index contributed by atoms with van der Waals surface area (Å²) in [6.45, 7) is 2.35. The number of phenols is 1. The van der Waals surface area contributed by atoms with Crippen LogP contribution in [0.5, 0.6) is 5.75 Å². The van der Waals surface area contributed by atoms with E-state index < -0.39 is 0 Å². The summed E-state index contributed by atoms with van der Waals surface area (Å²) < 4.78 is 0. The van der Waals surface area contributed by atoms with Crippen molar-refractivity contribution in [3.8, 4) is 5.75 Å². The molecule has 2 N–H and O–H groups in total. The zero-order chi connectivity index (χ0) is 19.9. The van der Waals surface area contributed by atoms with E-state index in [1.54, 1.807) is 36.4 Å². The van der Waals surface area contributed by atoms with Crippen LogP contribution in [0.4, 0.5) is 0 Å². The van der Waals surface area contributed by atoms with E-state index in [2.05, 4.69) is 5.32 Å². The number of rotatable bonds is 7. The van der Waals surface area contributed by atoms with Gasteiger partial charge in [-0.2, -0.15) is 0 Å². The highest BCUT2D eigenvalue weighted by molar-refractivity contribution is 6.09. The van der Waals surface area contributed by atoms with Crippen LogP contribution in [-0.2, 0) is 11.2 Å². The van der Waals surface area contributed by atoms with Gasteiger partial charge in [-0.3, -0.25) is 9.59 Å². The highest BCUT2D eigenvalue weighted by Crippen LogP contribution is 2.19. The molecule has 0 saturated heterocycles. The fourth-order valence-electron chi connectivity index (χ4n) is 3.00. The van der Waals surface area contributed by atoms with E-state index in [4.69, 9.17) is 0 Å². The SMILES string of the molecule is C[C@H](C(=O)NCCc1ccc(O)cc1)c1cccc(C(=O)c2ccccc2)c1. The van der Waals surface area contributed by atoms with Crippen LogP contribution in [0.25, 0.3) is 0 Å². The van der Waals surface area contributed by atoms with Crippen molar-refractivity contribution in [1.82, 2.24) is 5.32 Å². The van der Waals surface area contributed by atoms with Gasteiger partial charge in [0.05, 0.1) is 5.92 Å². The number of aromatic hydroxyl groups is 1. The lowest BCUT2D eigenvalue weighted by molar-refractivity contribution is -0.122. The lowest BCUT2D eigenvalue weighted by Crippen LogP contribution is -2.29. The molecule has 0 aliphatic heterocycles. The monoisotopic (exact) mass is 373 g/mol.